The number of hydrogen-bond acceptors (Lipinski definition) is 8. The number of nitrogens with zero attached hydrogens (tertiary/aromatic N) is 3. The van der Waals surface area contributed by atoms with E-state index in [9.17, 15) is 9.90 Å². The Labute approximate surface area is 172 Å². The Morgan fingerprint density at radius 2 is 2.17 bits per heavy atom. The van der Waals surface area contributed by atoms with Crippen LogP contribution in [0, 0.1) is 5.92 Å². The van der Waals surface area contributed by atoms with E-state index in [-0.39, 0.29) is 29.4 Å². The zero-order valence-corrected chi connectivity index (χ0v) is 17.3. The first-order valence-electron chi connectivity index (χ1n) is 9.14. The van der Waals surface area contributed by atoms with Crippen LogP contribution in [-0.2, 0) is 0 Å². The van der Waals surface area contributed by atoms with E-state index in [1.54, 1.807) is 12.4 Å². The van der Waals surface area contributed by atoms with Crippen molar-refractivity contribution >= 4 is 34.8 Å². The lowest BCUT2D eigenvalue weighted by atomic mass is 10.0. The molecule has 3 rings (SSSR count). The summed E-state index contributed by atoms with van der Waals surface area (Å²) in [5.74, 6) is 1.16. The van der Waals surface area contributed by atoms with Gasteiger partial charge in [-0.25, -0.2) is 9.97 Å². The molecule has 1 aromatic carbocycles. The molecule has 0 spiro atoms. The molecule has 0 aliphatic rings. The number of thioether (sulfide) groups is 1. The zero-order valence-electron chi connectivity index (χ0n) is 16.5. The minimum Gasteiger partial charge on any atom is -0.504 e. The first-order chi connectivity index (χ1) is 13.9. The number of phenolic OH excluding ortho intramolecular Hbond substituents is 1. The molecule has 3 aromatic rings. The van der Waals surface area contributed by atoms with Crippen LogP contribution in [-0.4, -0.2) is 49.9 Å². The fourth-order valence-corrected chi connectivity index (χ4v) is 3.96. The minimum atomic E-state index is -0.233. The van der Waals surface area contributed by atoms with Gasteiger partial charge in [0, 0.05) is 17.4 Å². The van der Waals surface area contributed by atoms with Gasteiger partial charge in [-0.15, -0.1) is 11.8 Å². The van der Waals surface area contributed by atoms with Crippen LogP contribution in [0.2, 0.25) is 0 Å². The predicted octanol–water partition coefficient (Wildman–Crippen LogP) is 2.59. The second kappa shape index (κ2) is 8.99. The third kappa shape index (κ3) is 5.08. The summed E-state index contributed by atoms with van der Waals surface area (Å²) in [6.45, 7) is 4.20. The van der Waals surface area contributed by atoms with Gasteiger partial charge in [-0.2, -0.15) is 4.98 Å². The number of H-pyrrole nitrogens is 1. The van der Waals surface area contributed by atoms with Gasteiger partial charge in [-0.05, 0) is 30.5 Å². The third-order valence-electron chi connectivity index (χ3n) is 4.22. The SMILES string of the molecule is COc1cc(C(=O)N[C@@H](CSc2nc(N)nc3nc[nH]c23)CC(C)C)ccc1O. The number of carbonyl (C=O) groups excluding carboxylic acids is 1. The van der Waals surface area contributed by atoms with Gasteiger partial charge in [0.05, 0.1) is 13.4 Å². The number of nitrogen functional groups attached to an aromatic ring is 1. The van der Waals surface area contributed by atoms with Gasteiger partial charge in [-0.3, -0.25) is 4.79 Å². The van der Waals surface area contributed by atoms with Crippen molar-refractivity contribution in [2.75, 3.05) is 18.6 Å². The number of fused-ring (bicyclic) bond motifs is 1. The van der Waals surface area contributed by atoms with Crippen molar-refractivity contribution in [3.05, 3.63) is 30.1 Å². The lowest BCUT2D eigenvalue weighted by Gasteiger charge is -2.20. The molecule has 154 valence electrons. The van der Waals surface area contributed by atoms with Gasteiger partial charge in [0.2, 0.25) is 5.95 Å². The van der Waals surface area contributed by atoms with Gasteiger partial charge in [0.25, 0.3) is 5.91 Å². The van der Waals surface area contributed by atoms with Gasteiger partial charge < -0.3 is 25.9 Å². The molecule has 29 heavy (non-hydrogen) atoms. The van der Waals surface area contributed by atoms with E-state index >= 15 is 0 Å². The maximum atomic E-state index is 12.7. The first kappa shape index (κ1) is 20.7. The quantitative estimate of drug-likeness (QED) is 0.325. The molecule has 0 bridgehead atoms. The van der Waals surface area contributed by atoms with Crippen LogP contribution >= 0.6 is 11.8 Å². The van der Waals surface area contributed by atoms with Crippen molar-refractivity contribution < 1.29 is 14.6 Å². The van der Waals surface area contributed by atoms with E-state index in [1.807, 2.05) is 0 Å². The molecular weight excluding hydrogens is 392 g/mol. The molecule has 0 saturated heterocycles. The van der Waals surface area contributed by atoms with Crippen molar-refractivity contribution in [3.8, 4) is 11.5 Å². The number of aromatic nitrogens is 4. The summed E-state index contributed by atoms with van der Waals surface area (Å²) in [6.07, 6.45) is 2.34. The van der Waals surface area contributed by atoms with E-state index in [2.05, 4.69) is 39.1 Å². The van der Waals surface area contributed by atoms with Gasteiger partial charge in [0.1, 0.15) is 10.5 Å². The summed E-state index contributed by atoms with van der Waals surface area (Å²) in [5.41, 5.74) is 7.43. The van der Waals surface area contributed by atoms with Crippen molar-refractivity contribution in [1.82, 2.24) is 25.3 Å². The molecule has 9 nitrogen and oxygen atoms in total. The van der Waals surface area contributed by atoms with Crippen LogP contribution in [0.5, 0.6) is 11.5 Å². The number of methoxy groups -OCH3 is 1. The number of hydrogen-bond donors (Lipinski definition) is 4. The highest BCUT2D eigenvalue weighted by Crippen LogP contribution is 2.27. The predicted molar refractivity (Wildman–Crippen MR) is 112 cm³/mol. The highest BCUT2D eigenvalue weighted by molar-refractivity contribution is 7.99. The van der Waals surface area contributed by atoms with Gasteiger partial charge >= 0.3 is 0 Å². The topological polar surface area (TPSA) is 139 Å². The molecular formula is C19H24N6O3S. The average molecular weight is 417 g/mol. The maximum Gasteiger partial charge on any atom is 0.251 e. The van der Waals surface area contributed by atoms with Crippen LogP contribution in [0.4, 0.5) is 5.95 Å². The van der Waals surface area contributed by atoms with Crippen LogP contribution in [0.1, 0.15) is 30.6 Å². The molecule has 2 heterocycles. The molecule has 0 unspecified atom stereocenters. The Balaban J connectivity index is 1.74. The Morgan fingerprint density at radius 3 is 2.90 bits per heavy atom. The number of nitrogens with two attached hydrogens (primary N) is 1. The second-order valence-electron chi connectivity index (χ2n) is 6.99. The average Bonchev–Trinajstić information content (AvgIpc) is 3.14. The van der Waals surface area contributed by atoms with Crippen LogP contribution in [0.25, 0.3) is 11.2 Å². The molecule has 10 heteroatoms. The monoisotopic (exact) mass is 416 g/mol. The zero-order chi connectivity index (χ0) is 21.0. The number of phenols is 1. The van der Waals surface area contributed by atoms with Gasteiger partial charge in [0.15, 0.2) is 17.1 Å². The number of rotatable bonds is 8. The van der Waals surface area contributed by atoms with Crippen molar-refractivity contribution in [1.29, 1.82) is 0 Å². The Hall–Kier alpha value is -3.01. The minimum absolute atomic E-state index is 0.0109. The molecule has 5 N–H and O–H groups in total. The number of aromatic amines is 1. The number of aromatic hydroxyl groups is 1. The molecule has 0 aliphatic carbocycles. The molecule has 0 saturated carbocycles. The summed E-state index contributed by atoms with van der Waals surface area (Å²) in [6, 6.07) is 4.43. The van der Waals surface area contributed by atoms with E-state index in [1.165, 1.54) is 31.0 Å². The number of nitrogens with one attached hydrogen (secondary N) is 2. The number of imidazole rings is 1. The summed E-state index contributed by atoms with van der Waals surface area (Å²) in [5, 5.41) is 13.5. The van der Waals surface area contributed by atoms with Crippen molar-refractivity contribution in [2.24, 2.45) is 5.92 Å². The van der Waals surface area contributed by atoms with E-state index in [4.69, 9.17) is 10.5 Å². The van der Waals surface area contributed by atoms with Crippen molar-refractivity contribution in [3.63, 3.8) is 0 Å². The van der Waals surface area contributed by atoms with E-state index in [0.29, 0.717) is 27.9 Å². The standard InChI is InChI=1S/C19H24N6O3S/c1-10(2)6-12(23-17(27)11-4-5-13(26)14(7-11)28-3)8-29-18-15-16(22-9-21-15)24-19(20)25-18/h4-5,7,9-10,12,26H,6,8H2,1-3H3,(H,23,27)(H3,20,21,22,24,25)/t12-/m1/s1. The fraction of sp³-hybridized carbons (Fsp3) is 0.368. The molecule has 1 atom stereocenters. The fourth-order valence-electron chi connectivity index (χ4n) is 2.93. The summed E-state index contributed by atoms with van der Waals surface area (Å²) < 4.78 is 5.09. The molecule has 1 amide bonds. The smallest absolute Gasteiger partial charge is 0.251 e. The number of amides is 1. The van der Waals surface area contributed by atoms with E-state index in [0.717, 1.165) is 11.9 Å². The Bertz CT molecular complexity index is 1010. The van der Waals surface area contributed by atoms with Crippen LogP contribution < -0.4 is 15.8 Å². The number of benzene rings is 1. The number of ether oxygens (including phenoxy) is 1. The molecule has 0 radical (unpaired) electrons. The third-order valence-corrected chi connectivity index (χ3v) is 5.36. The lowest BCUT2D eigenvalue weighted by molar-refractivity contribution is 0.0936. The number of carbonyl (C=O) groups is 1. The highest BCUT2D eigenvalue weighted by atomic mass is 32.2. The van der Waals surface area contributed by atoms with Crippen molar-refractivity contribution in [2.45, 2.75) is 31.3 Å². The largest absolute Gasteiger partial charge is 0.504 e. The summed E-state index contributed by atoms with van der Waals surface area (Å²) in [4.78, 5) is 28.3. The number of anilines is 1. The highest BCUT2D eigenvalue weighted by Gasteiger charge is 2.19. The first-order valence-corrected chi connectivity index (χ1v) is 10.1. The van der Waals surface area contributed by atoms with Gasteiger partial charge in [-0.1, -0.05) is 13.8 Å². The molecule has 0 aliphatic heterocycles. The van der Waals surface area contributed by atoms with Crippen LogP contribution in [0.3, 0.4) is 0 Å². The Morgan fingerprint density at radius 1 is 1.38 bits per heavy atom. The van der Waals surface area contributed by atoms with E-state index < -0.39 is 0 Å². The lowest BCUT2D eigenvalue weighted by Crippen LogP contribution is -2.37. The second-order valence-corrected chi connectivity index (χ2v) is 7.99. The maximum absolute atomic E-state index is 12.7. The normalized spacial score (nSPS) is 12.3. The summed E-state index contributed by atoms with van der Waals surface area (Å²) >= 11 is 1.48. The van der Waals surface area contributed by atoms with Crippen LogP contribution in [0.15, 0.2) is 29.6 Å². The molecule has 2 aromatic heterocycles. The molecule has 0 fully saturated rings. The summed E-state index contributed by atoms with van der Waals surface area (Å²) in [7, 11) is 1.44. The Kier molecular flexibility index (Phi) is 6.42.